The number of para-hydroxylation sites is 2. The van der Waals surface area contributed by atoms with Crippen molar-refractivity contribution < 1.29 is 18.7 Å². The number of amides is 2. The average Bonchev–Trinajstić information content (AvgIpc) is 3.22. The zero-order chi connectivity index (χ0) is 24.5. The molecule has 2 amide bonds. The highest BCUT2D eigenvalue weighted by Gasteiger charge is 2.21. The van der Waals surface area contributed by atoms with Crippen LogP contribution in [0.5, 0.6) is 5.75 Å². The molecule has 0 saturated heterocycles. The Labute approximate surface area is 201 Å². The van der Waals surface area contributed by atoms with E-state index in [2.05, 4.69) is 27.4 Å². The van der Waals surface area contributed by atoms with Gasteiger partial charge in [0.15, 0.2) is 11.0 Å². The van der Waals surface area contributed by atoms with E-state index >= 15 is 0 Å². The van der Waals surface area contributed by atoms with E-state index in [0.717, 1.165) is 0 Å². The summed E-state index contributed by atoms with van der Waals surface area (Å²) in [5.74, 6) is -0.235. The lowest BCUT2D eigenvalue weighted by atomic mass is 10.2. The number of allylic oxidation sites excluding steroid dienone is 1. The number of halogens is 1. The number of carbonyl (C=O) groups is 2. The Hall–Kier alpha value is -3.66. The van der Waals surface area contributed by atoms with Crippen molar-refractivity contribution in [3.05, 3.63) is 78.4 Å². The van der Waals surface area contributed by atoms with Gasteiger partial charge in [-0.3, -0.25) is 9.59 Å². The predicted octanol–water partition coefficient (Wildman–Crippen LogP) is 4.22. The van der Waals surface area contributed by atoms with Gasteiger partial charge in [0.05, 0.1) is 29.7 Å². The minimum Gasteiger partial charge on any atom is -0.492 e. The summed E-state index contributed by atoms with van der Waals surface area (Å²) in [5.41, 5.74) is 0.537. The van der Waals surface area contributed by atoms with Crippen LogP contribution in [0, 0.1) is 5.82 Å². The lowest BCUT2D eigenvalue weighted by Gasteiger charge is -2.15. The molecule has 0 saturated carbocycles. The number of benzene rings is 2. The van der Waals surface area contributed by atoms with Crippen LogP contribution in [-0.4, -0.2) is 38.9 Å². The molecule has 0 unspecified atom stereocenters. The van der Waals surface area contributed by atoms with Gasteiger partial charge in [-0.25, -0.2) is 4.39 Å². The van der Waals surface area contributed by atoms with Crippen LogP contribution in [0.4, 0.5) is 10.1 Å². The lowest BCUT2D eigenvalue weighted by molar-refractivity contribution is -0.113. The highest BCUT2D eigenvalue weighted by Crippen LogP contribution is 2.25. The molecule has 0 aliphatic heterocycles. The number of carbonyl (C=O) groups excluding carboxylic acids is 2. The second-order valence-corrected chi connectivity index (χ2v) is 8.12. The van der Waals surface area contributed by atoms with Gasteiger partial charge in [-0.05, 0) is 38.1 Å². The van der Waals surface area contributed by atoms with Gasteiger partial charge >= 0.3 is 0 Å². The van der Waals surface area contributed by atoms with Gasteiger partial charge in [0.25, 0.3) is 5.91 Å². The third kappa shape index (κ3) is 6.22. The lowest BCUT2D eigenvalue weighted by Crippen LogP contribution is -2.29. The molecule has 0 spiro atoms. The average molecular weight is 484 g/mol. The van der Waals surface area contributed by atoms with Gasteiger partial charge in [0, 0.05) is 6.54 Å². The van der Waals surface area contributed by atoms with E-state index in [0.29, 0.717) is 35.6 Å². The minimum atomic E-state index is -0.604. The molecule has 1 aromatic heterocycles. The van der Waals surface area contributed by atoms with Gasteiger partial charge in [-0.2, -0.15) is 0 Å². The summed E-state index contributed by atoms with van der Waals surface area (Å²) in [4.78, 5) is 25.0. The molecule has 0 aliphatic carbocycles. The van der Waals surface area contributed by atoms with Crippen LogP contribution in [0.2, 0.25) is 0 Å². The van der Waals surface area contributed by atoms with Crippen LogP contribution in [0.15, 0.2) is 66.3 Å². The van der Waals surface area contributed by atoms with Crippen LogP contribution in [0.25, 0.3) is 0 Å². The first-order valence-electron chi connectivity index (χ1n) is 10.7. The van der Waals surface area contributed by atoms with Crippen molar-refractivity contribution in [2.75, 3.05) is 17.7 Å². The third-order valence-corrected chi connectivity index (χ3v) is 5.67. The molecular formula is C24H26FN5O3S. The van der Waals surface area contributed by atoms with Crippen molar-refractivity contribution in [2.45, 2.75) is 31.6 Å². The fourth-order valence-corrected chi connectivity index (χ4v) is 3.93. The second kappa shape index (κ2) is 12.0. The van der Waals surface area contributed by atoms with Crippen molar-refractivity contribution >= 4 is 29.3 Å². The number of thioether (sulfide) groups is 1. The maximum absolute atomic E-state index is 13.9. The Morgan fingerprint density at radius 1 is 1.21 bits per heavy atom. The number of nitrogens with one attached hydrogen (secondary N) is 2. The van der Waals surface area contributed by atoms with E-state index in [1.165, 1.54) is 30.0 Å². The summed E-state index contributed by atoms with van der Waals surface area (Å²) in [6.45, 7) is 8.22. The molecule has 0 fully saturated rings. The first-order chi connectivity index (χ1) is 16.4. The summed E-state index contributed by atoms with van der Waals surface area (Å²) < 4.78 is 21.2. The third-order valence-electron chi connectivity index (χ3n) is 4.70. The number of anilines is 1. The molecule has 2 N–H and O–H groups in total. The number of hydrogen-bond donors (Lipinski definition) is 2. The standard InChI is InChI=1S/C24H26FN5O3S/c1-4-14-30-22(16(3)26-23(32)17-10-6-7-11-18(17)25)28-29-24(30)34-15-21(31)27-19-12-8-9-13-20(19)33-5-2/h4,6-13,16H,1,5,14-15H2,2-3H3,(H,26,32)(H,27,31)/t16-/m0/s1. The Bertz CT molecular complexity index is 1170. The van der Waals surface area contributed by atoms with Gasteiger partial charge in [0.1, 0.15) is 11.6 Å². The molecular weight excluding hydrogens is 457 g/mol. The molecule has 8 nitrogen and oxygen atoms in total. The molecule has 1 heterocycles. The van der Waals surface area contributed by atoms with Gasteiger partial charge < -0.3 is 19.9 Å². The highest BCUT2D eigenvalue weighted by atomic mass is 32.2. The smallest absolute Gasteiger partial charge is 0.254 e. The number of rotatable bonds is 11. The van der Waals surface area contributed by atoms with Crippen molar-refractivity contribution in [2.24, 2.45) is 0 Å². The van der Waals surface area contributed by atoms with E-state index in [9.17, 15) is 14.0 Å². The number of nitrogens with zero attached hydrogens (tertiary/aromatic N) is 3. The summed E-state index contributed by atoms with van der Waals surface area (Å²) in [6.07, 6.45) is 1.67. The maximum atomic E-state index is 13.9. The fourth-order valence-electron chi connectivity index (χ4n) is 3.18. The van der Waals surface area contributed by atoms with Crippen LogP contribution >= 0.6 is 11.8 Å². The molecule has 2 aromatic carbocycles. The Morgan fingerprint density at radius 2 is 1.94 bits per heavy atom. The molecule has 178 valence electrons. The maximum Gasteiger partial charge on any atom is 0.254 e. The van der Waals surface area contributed by atoms with E-state index in [1.54, 1.807) is 35.8 Å². The Kier molecular flexibility index (Phi) is 8.80. The van der Waals surface area contributed by atoms with E-state index in [1.807, 2.05) is 19.1 Å². The molecule has 1 atom stereocenters. The molecule has 34 heavy (non-hydrogen) atoms. The fraction of sp³-hybridized carbons (Fsp3) is 0.250. The first-order valence-corrected chi connectivity index (χ1v) is 11.7. The Morgan fingerprint density at radius 3 is 2.68 bits per heavy atom. The zero-order valence-corrected chi connectivity index (χ0v) is 19.8. The summed E-state index contributed by atoms with van der Waals surface area (Å²) >= 11 is 1.21. The van der Waals surface area contributed by atoms with E-state index in [-0.39, 0.29) is 17.2 Å². The monoisotopic (exact) mass is 483 g/mol. The quantitative estimate of drug-likeness (QED) is 0.313. The van der Waals surface area contributed by atoms with E-state index in [4.69, 9.17) is 4.74 Å². The minimum absolute atomic E-state index is 0.0530. The SMILES string of the molecule is C=CCn1c(SCC(=O)Nc2ccccc2OCC)nnc1[C@H](C)NC(=O)c1ccccc1F. The van der Waals surface area contributed by atoms with Gasteiger partial charge in [-0.15, -0.1) is 16.8 Å². The summed E-state index contributed by atoms with van der Waals surface area (Å²) in [6, 6.07) is 12.4. The van der Waals surface area contributed by atoms with Crippen LogP contribution < -0.4 is 15.4 Å². The normalized spacial score (nSPS) is 11.5. The number of aromatic nitrogens is 3. The predicted molar refractivity (Wildman–Crippen MR) is 129 cm³/mol. The van der Waals surface area contributed by atoms with Crippen LogP contribution in [-0.2, 0) is 11.3 Å². The second-order valence-electron chi connectivity index (χ2n) is 7.18. The molecule has 0 bridgehead atoms. The molecule has 0 radical (unpaired) electrons. The zero-order valence-electron chi connectivity index (χ0n) is 19.0. The van der Waals surface area contributed by atoms with Crippen LogP contribution in [0.3, 0.4) is 0 Å². The first kappa shape index (κ1) is 25.0. The van der Waals surface area contributed by atoms with Crippen molar-refractivity contribution in [1.82, 2.24) is 20.1 Å². The van der Waals surface area contributed by atoms with Crippen LogP contribution in [0.1, 0.15) is 36.1 Å². The largest absolute Gasteiger partial charge is 0.492 e. The molecule has 3 rings (SSSR count). The molecule has 10 heteroatoms. The Balaban J connectivity index is 1.67. The summed E-state index contributed by atoms with van der Waals surface area (Å²) in [7, 11) is 0. The van der Waals surface area contributed by atoms with Crippen molar-refractivity contribution in [3.63, 3.8) is 0 Å². The summed E-state index contributed by atoms with van der Waals surface area (Å²) in [5, 5.41) is 14.4. The number of ether oxygens (including phenoxy) is 1. The van der Waals surface area contributed by atoms with Gasteiger partial charge in [-0.1, -0.05) is 42.1 Å². The highest BCUT2D eigenvalue weighted by molar-refractivity contribution is 7.99. The molecule has 0 aliphatic rings. The topological polar surface area (TPSA) is 98.1 Å². The van der Waals surface area contributed by atoms with Gasteiger partial charge in [0.2, 0.25) is 5.91 Å². The number of hydrogen-bond acceptors (Lipinski definition) is 6. The van der Waals surface area contributed by atoms with E-state index < -0.39 is 17.8 Å². The van der Waals surface area contributed by atoms with Crippen molar-refractivity contribution in [1.29, 1.82) is 0 Å². The van der Waals surface area contributed by atoms with Crippen molar-refractivity contribution in [3.8, 4) is 5.75 Å². The molecule has 3 aromatic rings.